The number of esters is 3. The van der Waals surface area contributed by atoms with Gasteiger partial charge in [-0.1, -0.05) is 42.8 Å². The molecule has 1 saturated heterocycles. The molecular formula is C32H39ClO9. The van der Waals surface area contributed by atoms with Crippen LogP contribution < -0.4 is 4.74 Å². The molecule has 1 aliphatic heterocycles. The first kappa shape index (κ1) is 31.8. The van der Waals surface area contributed by atoms with Crippen LogP contribution in [0.5, 0.6) is 5.75 Å². The van der Waals surface area contributed by atoms with E-state index in [4.69, 9.17) is 40.0 Å². The number of rotatable bonds is 11. The van der Waals surface area contributed by atoms with E-state index in [9.17, 15) is 14.4 Å². The van der Waals surface area contributed by atoms with Gasteiger partial charge >= 0.3 is 17.9 Å². The largest absolute Gasteiger partial charge is 0.490 e. The molecule has 3 unspecified atom stereocenters. The first-order valence-corrected chi connectivity index (χ1v) is 14.6. The molecule has 2 aromatic carbocycles. The van der Waals surface area contributed by atoms with E-state index in [0.29, 0.717) is 29.5 Å². The molecule has 1 aliphatic carbocycles. The Bertz CT molecular complexity index is 1250. The van der Waals surface area contributed by atoms with Gasteiger partial charge in [0.15, 0.2) is 6.10 Å². The predicted molar refractivity (Wildman–Crippen MR) is 154 cm³/mol. The molecule has 1 saturated carbocycles. The maximum absolute atomic E-state index is 12.1. The van der Waals surface area contributed by atoms with Gasteiger partial charge in [0.05, 0.1) is 12.7 Å². The van der Waals surface area contributed by atoms with Crippen molar-refractivity contribution in [1.29, 1.82) is 0 Å². The highest BCUT2D eigenvalue weighted by Crippen LogP contribution is 2.40. The standard InChI is InChI=1S/C32H39ClO9/c1-18-29(17-38-19(2)34)42-31(32(40-21(4)36)30(18)39-20(3)35)23-8-12-27(33)25(15-23)14-22-6-10-26(11-7-22)41-28-13-9-24(28)16-37-5/h6-8,10-12,15,18,24,28-32H,9,13-14,16-17H2,1-5H3/t18-,24?,28?,29-,30+,31?,32-/m1/s1. The third kappa shape index (κ3) is 8.02. The molecule has 7 atom stereocenters. The molecule has 4 rings (SSSR count). The Morgan fingerprint density at radius 2 is 1.60 bits per heavy atom. The topological polar surface area (TPSA) is 107 Å². The summed E-state index contributed by atoms with van der Waals surface area (Å²) in [5.74, 6) is -0.707. The number of carbonyl (C=O) groups is 3. The van der Waals surface area contributed by atoms with Crippen molar-refractivity contribution in [3.63, 3.8) is 0 Å². The fourth-order valence-electron chi connectivity index (χ4n) is 5.50. The number of halogens is 1. The van der Waals surface area contributed by atoms with Crippen LogP contribution in [0.3, 0.4) is 0 Å². The lowest BCUT2D eigenvalue weighted by atomic mass is 9.82. The van der Waals surface area contributed by atoms with E-state index < -0.39 is 48.2 Å². The first-order valence-electron chi connectivity index (χ1n) is 14.2. The van der Waals surface area contributed by atoms with Gasteiger partial charge in [-0.2, -0.15) is 0 Å². The Morgan fingerprint density at radius 3 is 2.19 bits per heavy atom. The number of hydrogen-bond acceptors (Lipinski definition) is 9. The zero-order valence-corrected chi connectivity index (χ0v) is 25.4. The molecule has 228 valence electrons. The molecule has 2 aromatic rings. The normalized spacial score (nSPS) is 27.0. The number of carbonyl (C=O) groups excluding carboxylic acids is 3. The van der Waals surface area contributed by atoms with Crippen molar-refractivity contribution in [2.75, 3.05) is 20.3 Å². The van der Waals surface area contributed by atoms with Crippen LogP contribution in [-0.2, 0) is 44.5 Å². The zero-order chi connectivity index (χ0) is 30.4. The second-order valence-corrected chi connectivity index (χ2v) is 11.4. The van der Waals surface area contributed by atoms with Crippen LogP contribution in [0.15, 0.2) is 42.5 Å². The molecule has 9 nitrogen and oxygen atoms in total. The van der Waals surface area contributed by atoms with Crippen LogP contribution >= 0.6 is 11.6 Å². The minimum atomic E-state index is -0.922. The summed E-state index contributed by atoms with van der Waals surface area (Å²) < 4.78 is 34.4. The van der Waals surface area contributed by atoms with E-state index in [2.05, 4.69) is 0 Å². The first-order chi connectivity index (χ1) is 20.0. The summed E-state index contributed by atoms with van der Waals surface area (Å²) in [5, 5.41) is 0.567. The lowest BCUT2D eigenvalue weighted by molar-refractivity contribution is -0.232. The lowest BCUT2D eigenvalue weighted by Crippen LogP contribution is -2.54. The fourth-order valence-corrected chi connectivity index (χ4v) is 5.69. The van der Waals surface area contributed by atoms with E-state index >= 15 is 0 Å². The van der Waals surface area contributed by atoms with E-state index in [1.54, 1.807) is 26.2 Å². The van der Waals surface area contributed by atoms with Gasteiger partial charge < -0.3 is 28.4 Å². The summed E-state index contributed by atoms with van der Waals surface area (Å²) in [6, 6.07) is 13.4. The lowest BCUT2D eigenvalue weighted by Gasteiger charge is -2.44. The van der Waals surface area contributed by atoms with Gasteiger partial charge in [-0.15, -0.1) is 0 Å². The van der Waals surface area contributed by atoms with Crippen molar-refractivity contribution >= 4 is 29.5 Å². The van der Waals surface area contributed by atoms with Crippen LogP contribution in [0.25, 0.3) is 0 Å². The molecule has 1 heterocycles. The van der Waals surface area contributed by atoms with Gasteiger partial charge in [0.2, 0.25) is 0 Å². The number of hydrogen-bond donors (Lipinski definition) is 0. The van der Waals surface area contributed by atoms with Gasteiger partial charge in [-0.3, -0.25) is 14.4 Å². The number of methoxy groups -OCH3 is 1. The van der Waals surface area contributed by atoms with Crippen LogP contribution in [0.1, 0.15) is 63.3 Å². The zero-order valence-electron chi connectivity index (χ0n) is 24.7. The van der Waals surface area contributed by atoms with Crippen molar-refractivity contribution in [2.24, 2.45) is 11.8 Å². The smallest absolute Gasteiger partial charge is 0.303 e. The Morgan fingerprint density at radius 1 is 0.905 bits per heavy atom. The Labute approximate surface area is 251 Å². The van der Waals surface area contributed by atoms with Crippen LogP contribution in [0.2, 0.25) is 5.02 Å². The van der Waals surface area contributed by atoms with Crippen molar-refractivity contribution in [3.8, 4) is 5.75 Å². The highest BCUT2D eigenvalue weighted by atomic mass is 35.5. The van der Waals surface area contributed by atoms with Crippen molar-refractivity contribution < 1.29 is 42.8 Å². The van der Waals surface area contributed by atoms with Gasteiger partial charge in [0, 0.05) is 44.7 Å². The van der Waals surface area contributed by atoms with Crippen LogP contribution in [0, 0.1) is 11.8 Å². The molecule has 0 radical (unpaired) electrons. The minimum Gasteiger partial charge on any atom is -0.490 e. The number of benzene rings is 2. The van der Waals surface area contributed by atoms with E-state index in [0.717, 1.165) is 29.7 Å². The molecule has 42 heavy (non-hydrogen) atoms. The predicted octanol–water partition coefficient (Wildman–Crippen LogP) is 5.24. The Kier molecular flexibility index (Phi) is 10.9. The molecule has 0 spiro atoms. The van der Waals surface area contributed by atoms with Gasteiger partial charge in [-0.05, 0) is 54.2 Å². The van der Waals surface area contributed by atoms with Crippen molar-refractivity contribution in [2.45, 2.75) is 77.5 Å². The summed E-state index contributed by atoms with van der Waals surface area (Å²) in [6.07, 6.45) is -0.316. The number of ether oxygens (including phenoxy) is 6. The molecule has 0 amide bonds. The van der Waals surface area contributed by atoms with Crippen molar-refractivity contribution in [1.82, 2.24) is 0 Å². The van der Waals surface area contributed by atoms with Crippen LogP contribution in [-0.4, -0.2) is 62.6 Å². The molecule has 0 bridgehead atoms. The van der Waals surface area contributed by atoms with Crippen LogP contribution in [0.4, 0.5) is 0 Å². The summed E-state index contributed by atoms with van der Waals surface area (Å²) in [7, 11) is 1.71. The highest BCUT2D eigenvalue weighted by Gasteiger charge is 2.48. The maximum Gasteiger partial charge on any atom is 0.303 e. The summed E-state index contributed by atoms with van der Waals surface area (Å²) in [6.45, 7) is 6.36. The molecule has 10 heteroatoms. The third-order valence-corrected chi connectivity index (χ3v) is 8.20. The molecular weight excluding hydrogens is 564 g/mol. The fraction of sp³-hybridized carbons (Fsp3) is 0.531. The summed E-state index contributed by atoms with van der Waals surface area (Å²) in [5.41, 5.74) is 2.56. The molecule has 0 aromatic heterocycles. The Balaban J connectivity index is 1.56. The SMILES string of the molecule is COCC1CCC1Oc1ccc(Cc2cc(C3O[C@H](COC(C)=O)[C@@H](C)[C@H](OC(C)=O)[C@H]3OC(C)=O)ccc2Cl)cc1. The average molecular weight is 603 g/mol. The monoisotopic (exact) mass is 602 g/mol. The molecule has 2 fully saturated rings. The molecule has 0 N–H and O–H groups in total. The van der Waals surface area contributed by atoms with Gasteiger partial charge in [-0.25, -0.2) is 0 Å². The third-order valence-electron chi connectivity index (χ3n) is 7.84. The second kappa shape index (κ2) is 14.4. The summed E-state index contributed by atoms with van der Waals surface area (Å²) >= 11 is 6.62. The van der Waals surface area contributed by atoms with Gasteiger partial charge in [0.1, 0.15) is 30.7 Å². The summed E-state index contributed by atoms with van der Waals surface area (Å²) in [4.78, 5) is 35.7. The van der Waals surface area contributed by atoms with Gasteiger partial charge in [0.25, 0.3) is 0 Å². The quantitative estimate of drug-likeness (QED) is 0.252. The van der Waals surface area contributed by atoms with E-state index in [-0.39, 0.29) is 12.7 Å². The average Bonchev–Trinajstić information content (AvgIpc) is 2.93. The maximum atomic E-state index is 12.1. The Hall–Kier alpha value is -3.14. The second-order valence-electron chi connectivity index (χ2n) is 11.0. The van der Waals surface area contributed by atoms with E-state index in [1.807, 2.05) is 30.3 Å². The van der Waals surface area contributed by atoms with E-state index in [1.165, 1.54) is 20.8 Å². The molecule has 2 aliphatic rings. The minimum absolute atomic E-state index is 0.0422. The van der Waals surface area contributed by atoms with Crippen molar-refractivity contribution in [3.05, 3.63) is 64.2 Å². The highest BCUT2D eigenvalue weighted by molar-refractivity contribution is 6.31.